The molecule has 1 amide bonds. The Balaban J connectivity index is 1.79. The van der Waals surface area contributed by atoms with Gasteiger partial charge in [-0.05, 0) is 37.8 Å². The van der Waals surface area contributed by atoms with Crippen LogP contribution in [0, 0.1) is 18.8 Å². The van der Waals surface area contributed by atoms with Crippen molar-refractivity contribution in [2.24, 2.45) is 11.8 Å². The molecule has 0 radical (unpaired) electrons. The lowest BCUT2D eigenvalue weighted by Gasteiger charge is -2.26. The van der Waals surface area contributed by atoms with E-state index in [0.29, 0.717) is 12.5 Å². The second kappa shape index (κ2) is 6.05. The minimum absolute atomic E-state index is 0.0463. The molecule has 100 valence electrons. The Labute approximate surface area is 108 Å². The third-order valence-electron chi connectivity index (χ3n) is 3.62. The molecule has 1 N–H and O–H groups in total. The Bertz CT molecular complexity index is 393. The van der Waals surface area contributed by atoms with Gasteiger partial charge in [-0.1, -0.05) is 6.92 Å². The van der Waals surface area contributed by atoms with Crippen molar-refractivity contribution in [3.8, 4) is 0 Å². The minimum atomic E-state index is 0.0463. The van der Waals surface area contributed by atoms with E-state index < -0.39 is 0 Å². The maximum Gasteiger partial charge on any atom is 0.223 e. The van der Waals surface area contributed by atoms with E-state index in [1.54, 1.807) is 0 Å². The van der Waals surface area contributed by atoms with Gasteiger partial charge < -0.3 is 14.5 Å². The van der Waals surface area contributed by atoms with E-state index in [4.69, 9.17) is 9.15 Å². The second-order valence-corrected chi connectivity index (χ2v) is 4.97. The summed E-state index contributed by atoms with van der Waals surface area (Å²) in [5.74, 6) is 2.27. The van der Waals surface area contributed by atoms with Gasteiger partial charge >= 0.3 is 0 Å². The van der Waals surface area contributed by atoms with Gasteiger partial charge in [-0.15, -0.1) is 0 Å². The predicted octanol–water partition coefficient (Wildman–Crippen LogP) is 2.27. The Morgan fingerprint density at radius 3 is 2.78 bits per heavy atom. The van der Waals surface area contributed by atoms with E-state index >= 15 is 0 Å². The Morgan fingerprint density at radius 1 is 1.44 bits per heavy atom. The molecule has 1 saturated heterocycles. The first-order valence-electron chi connectivity index (χ1n) is 6.57. The van der Waals surface area contributed by atoms with Crippen molar-refractivity contribution in [2.45, 2.75) is 33.2 Å². The van der Waals surface area contributed by atoms with Crippen LogP contribution in [0.25, 0.3) is 0 Å². The first-order valence-corrected chi connectivity index (χ1v) is 6.57. The van der Waals surface area contributed by atoms with Crippen molar-refractivity contribution in [1.82, 2.24) is 5.32 Å². The van der Waals surface area contributed by atoms with Crippen molar-refractivity contribution in [3.63, 3.8) is 0 Å². The van der Waals surface area contributed by atoms with Gasteiger partial charge in [-0.25, -0.2) is 0 Å². The van der Waals surface area contributed by atoms with Crippen LogP contribution in [0.15, 0.2) is 16.5 Å². The Kier molecular flexibility index (Phi) is 4.42. The molecule has 4 heteroatoms. The number of furan rings is 1. The molecule has 0 bridgehead atoms. The molecule has 1 atom stereocenters. The highest BCUT2D eigenvalue weighted by molar-refractivity contribution is 5.78. The lowest BCUT2D eigenvalue weighted by Crippen LogP contribution is -2.35. The van der Waals surface area contributed by atoms with Gasteiger partial charge in [-0.2, -0.15) is 0 Å². The molecule has 1 fully saturated rings. The molecular weight excluding hydrogens is 230 g/mol. The number of hydrogen-bond acceptors (Lipinski definition) is 3. The summed E-state index contributed by atoms with van der Waals surface area (Å²) in [6, 6.07) is 3.80. The van der Waals surface area contributed by atoms with Gasteiger partial charge in [0.05, 0.1) is 6.54 Å². The number of carbonyl (C=O) groups excluding carboxylic acids is 1. The first-order chi connectivity index (χ1) is 8.66. The van der Waals surface area contributed by atoms with E-state index in [1.807, 2.05) is 26.0 Å². The van der Waals surface area contributed by atoms with E-state index in [-0.39, 0.29) is 11.8 Å². The monoisotopic (exact) mass is 251 g/mol. The lowest BCUT2D eigenvalue weighted by atomic mass is 9.87. The average Bonchev–Trinajstić information content (AvgIpc) is 2.82. The molecule has 1 aliphatic rings. The van der Waals surface area contributed by atoms with Crippen molar-refractivity contribution >= 4 is 5.91 Å². The second-order valence-electron chi connectivity index (χ2n) is 4.97. The quantitative estimate of drug-likeness (QED) is 0.893. The lowest BCUT2D eigenvalue weighted by molar-refractivity contribution is -0.127. The average molecular weight is 251 g/mol. The van der Waals surface area contributed by atoms with E-state index in [1.165, 1.54) is 0 Å². The molecule has 0 aliphatic carbocycles. The molecule has 0 spiro atoms. The van der Waals surface area contributed by atoms with E-state index in [2.05, 4.69) is 5.32 Å². The Morgan fingerprint density at radius 2 is 2.17 bits per heavy atom. The summed E-state index contributed by atoms with van der Waals surface area (Å²) in [7, 11) is 0. The number of hydrogen-bond donors (Lipinski definition) is 1. The van der Waals surface area contributed by atoms with Gasteiger partial charge in [0, 0.05) is 19.1 Å². The van der Waals surface area contributed by atoms with Crippen molar-refractivity contribution < 1.29 is 13.9 Å². The number of ether oxygens (including phenoxy) is 1. The zero-order chi connectivity index (χ0) is 13.0. The number of aryl methyl sites for hydroxylation is 1. The van der Waals surface area contributed by atoms with Crippen LogP contribution in [0.1, 0.15) is 31.3 Å². The van der Waals surface area contributed by atoms with Crippen molar-refractivity contribution in [1.29, 1.82) is 0 Å². The highest BCUT2D eigenvalue weighted by Gasteiger charge is 2.25. The normalized spacial score (nSPS) is 18.6. The zero-order valence-electron chi connectivity index (χ0n) is 11.1. The first kappa shape index (κ1) is 13.1. The third-order valence-corrected chi connectivity index (χ3v) is 3.62. The molecule has 18 heavy (non-hydrogen) atoms. The molecule has 1 aromatic heterocycles. The van der Waals surface area contributed by atoms with E-state index in [0.717, 1.165) is 37.6 Å². The summed E-state index contributed by atoms with van der Waals surface area (Å²) in [6.07, 6.45) is 1.96. The third kappa shape index (κ3) is 3.35. The summed E-state index contributed by atoms with van der Waals surface area (Å²) in [5.41, 5.74) is 0. The summed E-state index contributed by atoms with van der Waals surface area (Å²) >= 11 is 0. The van der Waals surface area contributed by atoms with E-state index in [9.17, 15) is 4.79 Å². The largest absolute Gasteiger partial charge is 0.465 e. The number of rotatable bonds is 4. The fraction of sp³-hybridized carbons (Fsp3) is 0.643. The van der Waals surface area contributed by atoms with Gasteiger partial charge in [0.1, 0.15) is 11.5 Å². The Hall–Kier alpha value is -1.29. The van der Waals surface area contributed by atoms with Crippen LogP contribution in [0.2, 0.25) is 0 Å². The van der Waals surface area contributed by atoms with Crippen molar-refractivity contribution in [3.05, 3.63) is 23.7 Å². The molecule has 1 aromatic rings. The summed E-state index contributed by atoms with van der Waals surface area (Å²) in [4.78, 5) is 12.0. The van der Waals surface area contributed by atoms with Gasteiger partial charge in [0.15, 0.2) is 0 Å². The van der Waals surface area contributed by atoms with Gasteiger partial charge in [0.25, 0.3) is 0 Å². The smallest absolute Gasteiger partial charge is 0.223 e. The molecule has 1 aliphatic heterocycles. The SMILES string of the molecule is Cc1ccc(CNC(=O)[C@@H](C)C2CCOCC2)o1. The topological polar surface area (TPSA) is 51.5 Å². The molecule has 2 heterocycles. The maximum absolute atomic E-state index is 12.0. The minimum Gasteiger partial charge on any atom is -0.465 e. The van der Waals surface area contributed by atoms with Crippen LogP contribution in [0.4, 0.5) is 0 Å². The fourth-order valence-electron chi connectivity index (χ4n) is 2.35. The maximum atomic E-state index is 12.0. The fourth-order valence-corrected chi connectivity index (χ4v) is 2.35. The van der Waals surface area contributed by atoms with Crippen LogP contribution < -0.4 is 5.32 Å². The summed E-state index contributed by atoms with van der Waals surface area (Å²) < 4.78 is 10.7. The zero-order valence-corrected chi connectivity index (χ0v) is 11.1. The van der Waals surface area contributed by atoms with Crippen LogP contribution in [0.5, 0.6) is 0 Å². The van der Waals surface area contributed by atoms with Crippen LogP contribution in [-0.2, 0) is 16.1 Å². The predicted molar refractivity (Wildman–Crippen MR) is 68.0 cm³/mol. The van der Waals surface area contributed by atoms with Crippen LogP contribution in [0.3, 0.4) is 0 Å². The standard InChI is InChI=1S/C14H21NO3/c1-10-3-4-13(18-10)9-15-14(16)11(2)12-5-7-17-8-6-12/h3-4,11-12H,5-9H2,1-2H3,(H,15,16)/t11-/m0/s1. The highest BCUT2D eigenvalue weighted by Crippen LogP contribution is 2.23. The van der Waals surface area contributed by atoms with Gasteiger partial charge in [0.2, 0.25) is 5.91 Å². The summed E-state index contributed by atoms with van der Waals surface area (Å²) in [5, 5.41) is 2.94. The molecular formula is C14H21NO3. The number of amides is 1. The number of carbonyl (C=O) groups is 1. The van der Waals surface area contributed by atoms with Crippen LogP contribution in [-0.4, -0.2) is 19.1 Å². The highest BCUT2D eigenvalue weighted by atomic mass is 16.5. The van der Waals surface area contributed by atoms with Crippen LogP contribution >= 0.6 is 0 Å². The molecule has 4 nitrogen and oxygen atoms in total. The molecule has 0 aromatic carbocycles. The molecule has 0 unspecified atom stereocenters. The number of nitrogens with one attached hydrogen (secondary N) is 1. The molecule has 2 rings (SSSR count). The van der Waals surface area contributed by atoms with Crippen molar-refractivity contribution in [2.75, 3.05) is 13.2 Å². The molecule has 0 saturated carbocycles. The summed E-state index contributed by atoms with van der Waals surface area (Å²) in [6.45, 7) is 5.92. The van der Waals surface area contributed by atoms with Gasteiger partial charge in [-0.3, -0.25) is 4.79 Å².